The number of nitrogens with two attached hydrogens (primary N) is 4. The van der Waals surface area contributed by atoms with E-state index in [2.05, 4.69) is 47.9 Å². The molecule has 2 saturated heterocycles. The van der Waals surface area contributed by atoms with E-state index in [4.69, 9.17) is 22.9 Å². The SMILES string of the molecule is CN(C)CCCNC(=O)[C@@H](N)CSSC[C@H](N)C(=O)NCCCN(C)CC1CCN(CCCNC(=O)[C@@H](N)CSSC[C@H](N)C(=O)NCCCN2CCCC2)C1. The van der Waals surface area contributed by atoms with Gasteiger partial charge in [0.05, 0.1) is 24.2 Å². The fourth-order valence-corrected chi connectivity index (χ4v) is 10.8. The quantitative estimate of drug-likeness (QED) is 0.0299. The van der Waals surface area contributed by atoms with E-state index in [0.29, 0.717) is 55.1 Å². The lowest BCUT2D eigenvalue weighted by Crippen LogP contribution is -2.43. The molecule has 2 aliphatic rings. The summed E-state index contributed by atoms with van der Waals surface area (Å²) in [5.74, 6) is 1.82. The minimum atomic E-state index is -0.616. The lowest BCUT2D eigenvalue weighted by Gasteiger charge is -2.22. The molecule has 20 heteroatoms. The normalized spacial score (nSPS) is 18.6. The summed E-state index contributed by atoms with van der Waals surface area (Å²) >= 11 is 0. The molecule has 2 rings (SSSR count). The zero-order valence-electron chi connectivity index (χ0n) is 34.2. The van der Waals surface area contributed by atoms with Gasteiger partial charge in [0, 0.05) is 62.3 Å². The summed E-state index contributed by atoms with van der Waals surface area (Å²) in [6.07, 6.45) is 7.20. The van der Waals surface area contributed by atoms with Crippen LogP contribution < -0.4 is 44.2 Å². The fraction of sp³-hybridized carbons (Fsp3) is 0.889. The maximum Gasteiger partial charge on any atom is 0.237 e. The predicted octanol–water partition coefficient (Wildman–Crippen LogP) is -1.01. The molecule has 0 bridgehead atoms. The Labute approximate surface area is 352 Å². The van der Waals surface area contributed by atoms with E-state index in [1.54, 1.807) is 0 Å². The van der Waals surface area contributed by atoms with E-state index in [1.807, 2.05) is 14.1 Å². The maximum atomic E-state index is 12.5. The molecule has 0 spiro atoms. The number of amides is 4. The van der Waals surface area contributed by atoms with E-state index in [0.717, 1.165) is 91.0 Å². The number of nitrogens with one attached hydrogen (secondary N) is 4. The lowest BCUT2D eigenvalue weighted by molar-refractivity contribution is -0.122. The minimum absolute atomic E-state index is 0.131. The van der Waals surface area contributed by atoms with Crippen molar-refractivity contribution in [2.75, 3.05) is 129 Å². The van der Waals surface area contributed by atoms with Gasteiger partial charge in [-0.3, -0.25) is 19.2 Å². The smallest absolute Gasteiger partial charge is 0.237 e. The average molecular weight is 867 g/mol. The largest absolute Gasteiger partial charge is 0.355 e. The zero-order valence-corrected chi connectivity index (χ0v) is 37.5. The van der Waals surface area contributed by atoms with Crippen LogP contribution in [0, 0.1) is 5.92 Å². The van der Waals surface area contributed by atoms with Crippen LogP contribution >= 0.6 is 43.2 Å². The van der Waals surface area contributed by atoms with Crippen LogP contribution in [0.25, 0.3) is 0 Å². The molecular weight excluding hydrogens is 793 g/mol. The number of hydrogen-bond donors (Lipinski definition) is 8. The van der Waals surface area contributed by atoms with Crippen molar-refractivity contribution in [3.8, 4) is 0 Å². The molecule has 16 nitrogen and oxygen atoms in total. The first-order valence-corrected chi connectivity index (χ1v) is 25.2. The van der Waals surface area contributed by atoms with Gasteiger partial charge in [0.2, 0.25) is 23.6 Å². The van der Waals surface area contributed by atoms with Gasteiger partial charge in [-0.25, -0.2) is 0 Å². The molecule has 4 amide bonds. The fourth-order valence-electron chi connectivity index (χ4n) is 6.31. The summed E-state index contributed by atoms with van der Waals surface area (Å²) in [4.78, 5) is 58.6. The molecule has 0 aromatic carbocycles. The summed E-state index contributed by atoms with van der Waals surface area (Å²) in [6, 6.07) is -2.40. The average Bonchev–Trinajstić information content (AvgIpc) is 3.87. The van der Waals surface area contributed by atoms with Gasteiger partial charge in [-0.2, -0.15) is 0 Å². The monoisotopic (exact) mass is 866 g/mol. The number of nitrogens with zero attached hydrogens (tertiary/aromatic N) is 4. The molecule has 1 unspecified atom stereocenters. The Balaban J connectivity index is 1.42. The van der Waals surface area contributed by atoms with Crippen molar-refractivity contribution in [1.82, 2.24) is 40.9 Å². The van der Waals surface area contributed by atoms with Crippen LogP contribution in [0.4, 0.5) is 0 Å². The number of carbonyl (C=O) groups is 4. The topological polar surface area (TPSA) is 233 Å². The molecular formula is C36H74N12O4S4. The Hall–Kier alpha value is -1.04. The summed E-state index contributed by atoms with van der Waals surface area (Å²) < 4.78 is 0. The highest BCUT2D eigenvalue weighted by atomic mass is 33.1. The molecule has 12 N–H and O–H groups in total. The molecule has 56 heavy (non-hydrogen) atoms. The second kappa shape index (κ2) is 30.9. The predicted molar refractivity (Wildman–Crippen MR) is 239 cm³/mol. The van der Waals surface area contributed by atoms with Crippen LogP contribution in [-0.2, 0) is 19.2 Å². The van der Waals surface area contributed by atoms with E-state index in [1.165, 1.54) is 56.0 Å². The maximum absolute atomic E-state index is 12.5. The molecule has 326 valence electrons. The Kier molecular flexibility index (Phi) is 28.2. The van der Waals surface area contributed by atoms with Gasteiger partial charge in [-0.05, 0) is 118 Å². The second-order valence-electron chi connectivity index (χ2n) is 15.2. The zero-order chi connectivity index (χ0) is 41.1. The van der Waals surface area contributed by atoms with Crippen LogP contribution in [0.15, 0.2) is 0 Å². The number of likely N-dealkylation sites (tertiary alicyclic amines) is 2. The molecule has 0 aliphatic carbocycles. The molecule has 0 saturated carbocycles. The van der Waals surface area contributed by atoms with Crippen molar-refractivity contribution in [3.05, 3.63) is 0 Å². The van der Waals surface area contributed by atoms with Crippen LogP contribution in [0.3, 0.4) is 0 Å². The van der Waals surface area contributed by atoms with E-state index in [-0.39, 0.29) is 23.6 Å². The molecule has 0 aromatic rings. The number of carbonyl (C=O) groups excluding carboxylic acids is 4. The van der Waals surface area contributed by atoms with Gasteiger partial charge >= 0.3 is 0 Å². The molecule has 2 fully saturated rings. The van der Waals surface area contributed by atoms with Crippen LogP contribution in [-0.4, -0.2) is 197 Å². The summed E-state index contributed by atoms with van der Waals surface area (Å²) in [5, 5.41) is 11.7. The molecule has 2 aliphatic heterocycles. The van der Waals surface area contributed by atoms with Crippen LogP contribution in [0.2, 0.25) is 0 Å². The molecule has 0 radical (unpaired) electrons. The van der Waals surface area contributed by atoms with Crippen molar-refractivity contribution in [2.24, 2.45) is 28.9 Å². The highest BCUT2D eigenvalue weighted by Gasteiger charge is 2.24. The van der Waals surface area contributed by atoms with E-state index in [9.17, 15) is 19.2 Å². The highest BCUT2D eigenvalue weighted by molar-refractivity contribution is 8.77. The summed E-state index contributed by atoms with van der Waals surface area (Å²) in [6.45, 7) is 11.6. The van der Waals surface area contributed by atoms with Crippen molar-refractivity contribution in [3.63, 3.8) is 0 Å². The first kappa shape index (κ1) is 51.1. The minimum Gasteiger partial charge on any atom is -0.355 e. The third-order valence-corrected chi connectivity index (χ3v) is 14.6. The Bertz CT molecular complexity index is 1110. The Morgan fingerprint density at radius 3 is 1.41 bits per heavy atom. The summed E-state index contributed by atoms with van der Waals surface area (Å²) in [7, 11) is 12.0. The first-order valence-electron chi connectivity index (χ1n) is 20.3. The first-order chi connectivity index (χ1) is 26.8. The molecule has 5 atom stereocenters. The Morgan fingerprint density at radius 1 is 0.589 bits per heavy atom. The molecule has 2 heterocycles. The highest BCUT2D eigenvalue weighted by Crippen LogP contribution is 2.23. The number of hydrogen-bond acceptors (Lipinski definition) is 16. The van der Waals surface area contributed by atoms with Crippen molar-refractivity contribution >= 4 is 66.8 Å². The second-order valence-corrected chi connectivity index (χ2v) is 20.3. The van der Waals surface area contributed by atoms with Crippen molar-refractivity contribution in [2.45, 2.75) is 69.1 Å². The Morgan fingerprint density at radius 2 is 0.982 bits per heavy atom. The van der Waals surface area contributed by atoms with Gasteiger partial charge in [0.1, 0.15) is 0 Å². The lowest BCUT2D eigenvalue weighted by atomic mass is 10.1. The number of rotatable bonds is 32. The molecule has 0 aromatic heterocycles. The van der Waals surface area contributed by atoms with E-state index < -0.39 is 24.2 Å². The van der Waals surface area contributed by atoms with Gasteiger partial charge < -0.3 is 63.8 Å². The van der Waals surface area contributed by atoms with Gasteiger partial charge in [0.15, 0.2) is 0 Å². The third-order valence-electron chi connectivity index (χ3n) is 9.64. The summed E-state index contributed by atoms with van der Waals surface area (Å²) in [5.41, 5.74) is 24.2. The van der Waals surface area contributed by atoms with Gasteiger partial charge in [0.25, 0.3) is 0 Å². The standard InChI is InChI=1S/C36H74N12O4S4/c1-45(2)15-6-11-41-33(49)29(37)24-53-54-25-30(38)34(50)42-12-7-16-46(3)22-28-10-21-48(23-28)20-9-14-44-36(52)32(40)27-56-55-26-31(39)35(51)43-13-8-19-47-17-4-5-18-47/h28-32H,4-27,37-40H2,1-3H3,(H,41,49)(H,42,50)(H,43,51)(H,44,52)/t28?,29-,30-,31-,32-/m0/s1. The van der Waals surface area contributed by atoms with E-state index >= 15 is 0 Å². The van der Waals surface area contributed by atoms with Gasteiger partial charge in [-0.15, -0.1) is 0 Å². The van der Waals surface area contributed by atoms with Crippen molar-refractivity contribution in [1.29, 1.82) is 0 Å². The van der Waals surface area contributed by atoms with Gasteiger partial charge in [-0.1, -0.05) is 43.2 Å². The van der Waals surface area contributed by atoms with Crippen molar-refractivity contribution < 1.29 is 19.2 Å². The third kappa shape index (κ3) is 24.1. The van der Waals surface area contributed by atoms with Crippen LogP contribution in [0.1, 0.15) is 44.9 Å². The van der Waals surface area contributed by atoms with Crippen LogP contribution in [0.5, 0.6) is 0 Å².